The number of carbonyl (C=O) groups excluding carboxylic acids is 2. The molecule has 1 aliphatic carbocycles. The van der Waals surface area contributed by atoms with Crippen LogP contribution in [0.5, 0.6) is 0 Å². The minimum absolute atomic E-state index is 0.196. The number of hydrogen-bond donors (Lipinski definition) is 1. The van der Waals surface area contributed by atoms with Crippen molar-refractivity contribution in [1.82, 2.24) is 15.1 Å². The molecule has 3 aliphatic rings. The van der Waals surface area contributed by atoms with Gasteiger partial charge in [-0.2, -0.15) is 0 Å². The van der Waals surface area contributed by atoms with Gasteiger partial charge in [-0.3, -0.25) is 9.59 Å². The van der Waals surface area contributed by atoms with E-state index in [2.05, 4.69) is 17.1 Å². The van der Waals surface area contributed by atoms with Crippen LogP contribution in [0, 0.1) is 11.8 Å². The second-order valence-electron chi connectivity index (χ2n) is 8.20. The zero-order valence-electron chi connectivity index (χ0n) is 15.8. The lowest BCUT2D eigenvalue weighted by molar-refractivity contribution is -0.143. The minimum atomic E-state index is 0.196. The standard InChI is InChI=1S/C20H35N3O2/c1-2-3-5-16-7-9-17(10-8-16)20(25)22-12-4-6-18(15-22)23-13-11-21-14-19(23)24/h16-18,21H,2-15H2,1H3. The summed E-state index contributed by atoms with van der Waals surface area (Å²) in [7, 11) is 0. The van der Waals surface area contributed by atoms with E-state index in [9.17, 15) is 9.59 Å². The van der Waals surface area contributed by atoms with E-state index in [1.165, 1.54) is 32.1 Å². The molecule has 5 heteroatoms. The summed E-state index contributed by atoms with van der Waals surface area (Å²) in [4.78, 5) is 29.2. The molecule has 1 atom stereocenters. The van der Waals surface area contributed by atoms with Crippen LogP contribution in [0.1, 0.15) is 64.7 Å². The van der Waals surface area contributed by atoms with E-state index in [0.29, 0.717) is 12.5 Å². The van der Waals surface area contributed by atoms with Gasteiger partial charge in [-0.05, 0) is 44.4 Å². The molecule has 5 nitrogen and oxygen atoms in total. The molecule has 142 valence electrons. The van der Waals surface area contributed by atoms with Crippen molar-refractivity contribution >= 4 is 11.8 Å². The summed E-state index contributed by atoms with van der Waals surface area (Å²) in [6.45, 7) is 6.00. The molecule has 2 amide bonds. The van der Waals surface area contributed by atoms with Gasteiger partial charge < -0.3 is 15.1 Å². The average molecular weight is 350 g/mol. The number of likely N-dealkylation sites (tertiary alicyclic amines) is 1. The van der Waals surface area contributed by atoms with E-state index in [0.717, 1.165) is 57.8 Å². The molecule has 0 radical (unpaired) electrons. The predicted octanol–water partition coefficient (Wildman–Crippen LogP) is 2.41. The zero-order valence-corrected chi connectivity index (χ0v) is 15.8. The molecule has 1 saturated carbocycles. The fourth-order valence-corrected chi connectivity index (χ4v) is 4.87. The highest BCUT2D eigenvalue weighted by molar-refractivity contribution is 5.80. The molecule has 1 N–H and O–H groups in total. The predicted molar refractivity (Wildman–Crippen MR) is 99.2 cm³/mol. The van der Waals surface area contributed by atoms with Crippen LogP contribution in [-0.4, -0.2) is 60.4 Å². The second kappa shape index (κ2) is 9.02. The van der Waals surface area contributed by atoms with Gasteiger partial charge >= 0.3 is 0 Å². The van der Waals surface area contributed by atoms with Gasteiger partial charge in [-0.25, -0.2) is 0 Å². The van der Waals surface area contributed by atoms with Crippen molar-refractivity contribution in [3.63, 3.8) is 0 Å². The molecule has 0 spiro atoms. The summed E-state index contributed by atoms with van der Waals surface area (Å²) in [5.74, 6) is 1.63. The Labute approximate surface area is 152 Å². The fourth-order valence-electron chi connectivity index (χ4n) is 4.87. The summed E-state index contributed by atoms with van der Waals surface area (Å²) >= 11 is 0. The van der Waals surface area contributed by atoms with Crippen molar-refractivity contribution in [3.05, 3.63) is 0 Å². The molecule has 3 fully saturated rings. The van der Waals surface area contributed by atoms with Gasteiger partial charge in [-0.15, -0.1) is 0 Å². The van der Waals surface area contributed by atoms with Gasteiger partial charge in [0.1, 0.15) is 0 Å². The first-order chi connectivity index (χ1) is 12.2. The van der Waals surface area contributed by atoms with Crippen LogP contribution in [0.2, 0.25) is 0 Å². The number of carbonyl (C=O) groups is 2. The molecule has 0 aromatic heterocycles. The van der Waals surface area contributed by atoms with Gasteiger partial charge in [0.2, 0.25) is 11.8 Å². The summed E-state index contributed by atoms with van der Waals surface area (Å²) in [6.07, 6.45) is 10.6. The van der Waals surface area contributed by atoms with Crippen LogP contribution >= 0.6 is 0 Å². The lowest BCUT2D eigenvalue weighted by atomic mass is 9.79. The maximum Gasteiger partial charge on any atom is 0.236 e. The summed E-state index contributed by atoms with van der Waals surface area (Å²) < 4.78 is 0. The van der Waals surface area contributed by atoms with E-state index in [1.54, 1.807) is 0 Å². The van der Waals surface area contributed by atoms with E-state index in [4.69, 9.17) is 0 Å². The molecule has 2 heterocycles. The Hall–Kier alpha value is -1.10. The number of piperidine rings is 1. The van der Waals surface area contributed by atoms with E-state index in [-0.39, 0.29) is 17.9 Å². The molecular formula is C20H35N3O2. The van der Waals surface area contributed by atoms with Gasteiger partial charge in [0.15, 0.2) is 0 Å². The molecule has 0 aromatic carbocycles. The van der Waals surface area contributed by atoms with E-state index < -0.39 is 0 Å². The molecule has 25 heavy (non-hydrogen) atoms. The highest BCUT2D eigenvalue weighted by Gasteiger charge is 2.35. The molecule has 3 rings (SSSR count). The summed E-state index contributed by atoms with van der Waals surface area (Å²) in [5.41, 5.74) is 0. The maximum absolute atomic E-state index is 13.0. The normalized spacial score (nSPS) is 31.2. The SMILES string of the molecule is CCCCC1CCC(C(=O)N2CCCC(N3CCNCC3=O)C2)CC1. The van der Waals surface area contributed by atoms with Crippen LogP contribution in [0.15, 0.2) is 0 Å². The van der Waals surface area contributed by atoms with Crippen molar-refractivity contribution in [2.45, 2.75) is 70.8 Å². The van der Waals surface area contributed by atoms with Crippen molar-refractivity contribution < 1.29 is 9.59 Å². The number of nitrogens with one attached hydrogen (secondary N) is 1. The lowest BCUT2D eigenvalue weighted by Crippen LogP contribution is -2.58. The number of amides is 2. The number of rotatable bonds is 5. The maximum atomic E-state index is 13.0. The Balaban J connectivity index is 1.49. The largest absolute Gasteiger partial charge is 0.340 e. The Morgan fingerprint density at radius 1 is 1.16 bits per heavy atom. The molecule has 2 saturated heterocycles. The first kappa shape index (κ1) is 18.7. The highest BCUT2D eigenvalue weighted by Crippen LogP contribution is 2.33. The van der Waals surface area contributed by atoms with Crippen molar-refractivity contribution in [2.24, 2.45) is 11.8 Å². The minimum Gasteiger partial charge on any atom is -0.340 e. The second-order valence-corrected chi connectivity index (χ2v) is 8.20. The van der Waals surface area contributed by atoms with Gasteiger partial charge in [-0.1, -0.05) is 26.2 Å². The van der Waals surface area contributed by atoms with Crippen LogP contribution in [0.3, 0.4) is 0 Å². The molecule has 2 aliphatic heterocycles. The van der Waals surface area contributed by atoms with Gasteiger partial charge in [0.05, 0.1) is 6.54 Å². The summed E-state index contributed by atoms with van der Waals surface area (Å²) in [5, 5.41) is 3.14. The van der Waals surface area contributed by atoms with E-state index >= 15 is 0 Å². The van der Waals surface area contributed by atoms with Crippen LogP contribution in [-0.2, 0) is 9.59 Å². The average Bonchev–Trinajstić information content (AvgIpc) is 2.67. The van der Waals surface area contributed by atoms with Crippen molar-refractivity contribution in [2.75, 3.05) is 32.7 Å². The quantitative estimate of drug-likeness (QED) is 0.829. The molecule has 0 bridgehead atoms. The van der Waals surface area contributed by atoms with Crippen LogP contribution in [0.4, 0.5) is 0 Å². The van der Waals surface area contributed by atoms with Gasteiger partial charge in [0, 0.05) is 38.1 Å². The molecular weight excluding hydrogens is 314 g/mol. The first-order valence-electron chi connectivity index (χ1n) is 10.5. The summed E-state index contributed by atoms with van der Waals surface area (Å²) in [6, 6.07) is 0.230. The van der Waals surface area contributed by atoms with Crippen molar-refractivity contribution in [3.8, 4) is 0 Å². The number of hydrogen-bond acceptors (Lipinski definition) is 3. The first-order valence-corrected chi connectivity index (χ1v) is 10.5. The third kappa shape index (κ3) is 4.75. The Kier molecular flexibility index (Phi) is 6.74. The van der Waals surface area contributed by atoms with Crippen molar-refractivity contribution in [1.29, 1.82) is 0 Å². The number of unbranched alkanes of at least 4 members (excludes halogenated alkanes) is 1. The Morgan fingerprint density at radius 2 is 1.96 bits per heavy atom. The third-order valence-electron chi connectivity index (χ3n) is 6.44. The molecule has 0 aromatic rings. The monoisotopic (exact) mass is 349 g/mol. The zero-order chi connectivity index (χ0) is 17.6. The van der Waals surface area contributed by atoms with E-state index in [1.807, 2.05) is 4.90 Å². The Bertz CT molecular complexity index is 460. The fraction of sp³-hybridized carbons (Fsp3) is 0.900. The Morgan fingerprint density at radius 3 is 2.68 bits per heavy atom. The van der Waals surface area contributed by atoms with Gasteiger partial charge in [0.25, 0.3) is 0 Å². The number of piperazine rings is 1. The smallest absolute Gasteiger partial charge is 0.236 e. The number of nitrogens with zero attached hydrogens (tertiary/aromatic N) is 2. The van der Waals surface area contributed by atoms with Crippen LogP contribution < -0.4 is 5.32 Å². The topological polar surface area (TPSA) is 52.7 Å². The highest BCUT2D eigenvalue weighted by atomic mass is 16.2. The third-order valence-corrected chi connectivity index (χ3v) is 6.44. The molecule has 1 unspecified atom stereocenters. The lowest BCUT2D eigenvalue weighted by Gasteiger charge is -2.42. The van der Waals surface area contributed by atoms with Crippen LogP contribution in [0.25, 0.3) is 0 Å².